The van der Waals surface area contributed by atoms with Crippen LogP contribution in [0.2, 0.25) is 10.0 Å². The number of halogens is 3. The number of esters is 1. The van der Waals surface area contributed by atoms with Gasteiger partial charge in [0.05, 0.1) is 31.5 Å². The Bertz CT molecular complexity index is 1930. The minimum absolute atomic E-state index is 0.0129. The van der Waals surface area contributed by atoms with E-state index in [1.807, 2.05) is 0 Å². The number of pyridine rings is 1. The van der Waals surface area contributed by atoms with Crippen LogP contribution in [0.15, 0.2) is 79.1 Å². The summed E-state index contributed by atoms with van der Waals surface area (Å²) in [6.45, 7) is 3.22. The first-order valence-electron chi connectivity index (χ1n) is 17.8. The molecule has 1 amide bonds. The zero-order chi connectivity index (χ0) is 37.1. The maximum atomic E-state index is 15.1. The molecule has 3 aliphatic heterocycles. The Morgan fingerprint density at radius 3 is 2.34 bits per heavy atom. The van der Waals surface area contributed by atoms with E-state index < -0.39 is 24.0 Å². The van der Waals surface area contributed by atoms with Gasteiger partial charge in [0.15, 0.2) is 23.9 Å². The summed E-state index contributed by atoms with van der Waals surface area (Å²) >= 11 is 12.9. The normalized spacial score (nSPS) is 19.7. The van der Waals surface area contributed by atoms with Gasteiger partial charge in [-0.25, -0.2) is 14.0 Å². The standard InChI is InChI=1S/C40H40Cl2FN3O7/c1-50-35-13-12-29(18-37(35)51-24-26-6-7-26)36(19-30-31(41)21-45(49)22-32(30)42)52-39(47)28-10-8-25(9-11-28)20-46(34-5-3-2-4-33(34)43)40(48)53-38-23-44-16-14-27(38)15-17-44/h2-5,8-13,18,21-22,26-27,36,38H,6-7,14-17,19-20,23-24H2,1H3/t36-,38+/m1/s1. The largest absolute Gasteiger partial charge is 0.619 e. The molecule has 4 fully saturated rings. The van der Waals surface area contributed by atoms with Crippen LogP contribution < -0.4 is 19.1 Å². The zero-order valence-electron chi connectivity index (χ0n) is 29.2. The lowest BCUT2D eigenvalue weighted by molar-refractivity contribution is -0.605. The van der Waals surface area contributed by atoms with E-state index in [-0.39, 0.29) is 46.3 Å². The number of amides is 1. The summed E-state index contributed by atoms with van der Waals surface area (Å²) in [6, 6.07) is 17.9. The second kappa shape index (κ2) is 16.2. The first-order chi connectivity index (χ1) is 25.6. The van der Waals surface area contributed by atoms with Gasteiger partial charge in [0.25, 0.3) is 0 Å². The van der Waals surface area contributed by atoms with Crippen molar-refractivity contribution in [1.82, 2.24) is 4.90 Å². The molecule has 2 atom stereocenters. The van der Waals surface area contributed by atoms with Crippen LogP contribution in [-0.2, 0) is 22.4 Å². The number of benzene rings is 3. The second-order valence-electron chi connectivity index (χ2n) is 13.8. The number of aromatic nitrogens is 1. The molecule has 10 nitrogen and oxygen atoms in total. The number of carbonyl (C=O) groups is 2. The first-order valence-corrected chi connectivity index (χ1v) is 18.5. The monoisotopic (exact) mass is 763 g/mol. The fourth-order valence-corrected chi connectivity index (χ4v) is 7.52. The quantitative estimate of drug-likeness (QED) is 0.0769. The van der Waals surface area contributed by atoms with E-state index in [1.165, 1.54) is 23.4 Å². The van der Waals surface area contributed by atoms with Crippen molar-refractivity contribution in [2.75, 3.05) is 38.3 Å². The molecule has 2 bridgehead atoms. The topological polar surface area (TPSA) is 104 Å². The van der Waals surface area contributed by atoms with E-state index in [0.29, 0.717) is 52.0 Å². The number of nitrogens with zero attached hydrogens (tertiary/aromatic N) is 3. The van der Waals surface area contributed by atoms with Crippen LogP contribution in [0.1, 0.15) is 58.8 Å². The highest BCUT2D eigenvalue weighted by Crippen LogP contribution is 2.38. The average Bonchev–Trinajstić information content (AvgIpc) is 3.99. The van der Waals surface area contributed by atoms with Crippen LogP contribution in [0.4, 0.5) is 14.9 Å². The molecular weight excluding hydrogens is 724 g/mol. The molecule has 3 saturated heterocycles. The molecule has 4 aromatic rings. The van der Waals surface area contributed by atoms with E-state index in [1.54, 1.807) is 67.8 Å². The number of carbonyl (C=O) groups excluding carboxylic acids is 2. The van der Waals surface area contributed by atoms with Gasteiger partial charge in [-0.1, -0.05) is 53.5 Å². The number of piperidine rings is 3. The fraction of sp³-hybridized carbons (Fsp3) is 0.375. The zero-order valence-corrected chi connectivity index (χ0v) is 30.7. The molecule has 4 aliphatic rings. The number of anilines is 1. The lowest BCUT2D eigenvalue weighted by Gasteiger charge is -2.44. The summed E-state index contributed by atoms with van der Waals surface area (Å²) in [5.74, 6) is 0.653. The van der Waals surface area contributed by atoms with Crippen molar-refractivity contribution in [2.24, 2.45) is 11.8 Å². The number of para-hydroxylation sites is 1. The van der Waals surface area contributed by atoms with Crippen LogP contribution in [-0.4, -0.2) is 56.4 Å². The van der Waals surface area contributed by atoms with Crippen LogP contribution >= 0.6 is 23.2 Å². The summed E-state index contributed by atoms with van der Waals surface area (Å²) < 4.78 is 39.3. The van der Waals surface area contributed by atoms with Crippen molar-refractivity contribution in [3.8, 4) is 11.5 Å². The van der Waals surface area contributed by atoms with Gasteiger partial charge in [-0.2, -0.15) is 4.73 Å². The molecule has 53 heavy (non-hydrogen) atoms. The third kappa shape index (κ3) is 8.80. The van der Waals surface area contributed by atoms with E-state index in [9.17, 15) is 14.8 Å². The van der Waals surface area contributed by atoms with Crippen molar-refractivity contribution in [3.05, 3.63) is 122 Å². The van der Waals surface area contributed by atoms with E-state index in [4.69, 9.17) is 42.1 Å². The molecule has 0 unspecified atom stereocenters. The number of hydrogen-bond donors (Lipinski definition) is 0. The highest BCUT2D eigenvalue weighted by atomic mass is 35.5. The molecule has 4 heterocycles. The molecule has 278 valence electrons. The van der Waals surface area contributed by atoms with Crippen molar-refractivity contribution in [2.45, 2.75) is 50.9 Å². The van der Waals surface area contributed by atoms with Crippen molar-refractivity contribution in [3.63, 3.8) is 0 Å². The Hall–Kier alpha value is -4.58. The number of rotatable bonds is 13. The minimum atomic E-state index is -0.883. The molecule has 8 rings (SSSR count). The Labute approximate surface area is 317 Å². The second-order valence-corrected chi connectivity index (χ2v) is 14.7. The number of methoxy groups -OCH3 is 1. The summed E-state index contributed by atoms with van der Waals surface area (Å²) in [5.41, 5.74) is 2.03. The molecule has 0 radical (unpaired) electrons. The lowest BCUT2D eigenvalue weighted by Crippen LogP contribution is -2.53. The molecule has 0 spiro atoms. The van der Waals surface area contributed by atoms with Gasteiger partial charge in [0.1, 0.15) is 28.1 Å². The summed E-state index contributed by atoms with van der Waals surface area (Å²) in [5, 5.41) is 12.2. The summed E-state index contributed by atoms with van der Waals surface area (Å²) in [4.78, 5) is 30.9. The first kappa shape index (κ1) is 36.8. The van der Waals surface area contributed by atoms with Crippen LogP contribution in [0.3, 0.4) is 0 Å². The highest BCUT2D eigenvalue weighted by molar-refractivity contribution is 6.35. The van der Waals surface area contributed by atoms with E-state index in [2.05, 4.69) is 4.90 Å². The predicted octanol–water partition coefficient (Wildman–Crippen LogP) is 7.94. The number of ether oxygens (including phenoxy) is 4. The Morgan fingerprint density at radius 1 is 0.981 bits per heavy atom. The van der Waals surface area contributed by atoms with Crippen molar-refractivity contribution in [1.29, 1.82) is 0 Å². The lowest BCUT2D eigenvalue weighted by atomic mass is 9.86. The predicted molar refractivity (Wildman–Crippen MR) is 197 cm³/mol. The average molecular weight is 765 g/mol. The van der Waals surface area contributed by atoms with Crippen LogP contribution in [0, 0.1) is 22.9 Å². The third-order valence-electron chi connectivity index (χ3n) is 10.2. The van der Waals surface area contributed by atoms with Gasteiger partial charge in [-0.05, 0) is 98.1 Å². The third-order valence-corrected chi connectivity index (χ3v) is 10.8. The molecule has 3 aromatic carbocycles. The van der Waals surface area contributed by atoms with E-state index >= 15 is 4.39 Å². The molecule has 1 aromatic heterocycles. The van der Waals surface area contributed by atoms with Crippen molar-refractivity contribution < 1.29 is 37.7 Å². The molecule has 13 heteroatoms. The van der Waals surface area contributed by atoms with Gasteiger partial charge >= 0.3 is 12.1 Å². The number of fused-ring (bicyclic) bond motifs is 3. The van der Waals surface area contributed by atoms with Gasteiger partial charge < -0.3 is 24.2 Å². The van der Waals surface area contributed by atoms with Gasteiger partial charge in [0.2, 0.25) is 0 Å². The Morgan fingerprint density at radius 2 is 1.70 bits per heavy atom. The summed E-state index contributed by atoms with van der Waals surface area (Å²) in [6.07, 6.45) is 4.84. The molecule has 0 N–H and O–H groups in total. The fourth-order valence-electron chi connectivity index (χ4n) is 6.92. The molecule has 1 saturated carbocycles. The van der Waals surface area contributed by atoms with Crippen molar-refractivity contribution >= 4 is 41.0 Å². The van der Waals surface area contributed by atoms with Gasteiger partial charge in [0, 0.05) is 18.5 Å². The Balaban J connectivity index is 1.11. The maximum Gasteiger partial charge on any atom is 0.415 e. The van der Waals surface area contributed by atoms with E-state index in [0.717, 1.165) is 38.8 Å². The van der Waals surface area contributed by atoms with Crippen LogP contribution in [0.25, 0.3) is 0 Å². The molecular formula is C40H40Cl2FN3O7. The van der Waals surface area contributed by atoms with Gasteiger partial charge in [-0.3, -0.25) is 9.80 Å². The Kier molecular flexibility index (Phi) is 11.2. The van der Waals surface area contributed by atoms with Gasteiger partial charge in [-0.15, -0.1) is 0 Å². The SMILES string of the molecule is COc1ccc([C@@H](Cc2c(Cl)c[n+]([O-])cc2Cl)OC(=O)c2ccc(CN(C(=O)O[C@H]3CN4CCC3CC4)c3ccccc3F)cc2)cc1OCC1CC1. The summed E-state index contributed by atoms with van der Waals surface area (Å²) in [7, 11) is 1.55. The molecule has 1 aliphatic carbocycles. The minimum Gasteiger partial charge on any atom is -0.619 e. The van der Waals surface area contributed by atoms with Crippen LogP contribution in [0.5, 0.6) is 11.5 Å². The smallest absolute Gasteiger partial charge is 0.415 e. The maximum absolute atomic E-state index is 15.1. The highest BCUT2D eigenvalue weighted by Gasteiger charge is 2.38. The number of hydrogen-bond acceptors (Lipinski definition) is 8.